The molecule has 5 rings (SSSR count). The largest absolute Gasteiger partial charge is 0.481 e. The summed E-state index contributed by atoms with van der Waals surface area (Å²) in [4.78, 5) is 11.3. The molecule has 0 aliphatic carbocycles. The smallest absolute Gasteiger partial charge is 0.243 e. The lowest BCUT2D eigenvalue weighted by atomic mass is 9.91. The molecule has 2 saturated heterocycles. The van der Waals surface area contributed by atoms with Crippen LogP contribution in [-0.4, -0.2) is 68.2 Å². The Kier molecular flexibility index (Phi) is 6.61. The van der Waals surface area contributed by atoms with E-state index in [2.05, 4.69) is 14.9 Å². The van der Waals surface area contributed by atoms with Crippen molar-refractivity contribution in [3.05, 3.63) is 53.3 Å². The molecule has 0 radical (unpaired) electrons. The van der Waals surface area contributed by atoms with E-state index in [1.165, 1.54) is 4.31 Å². The minimum Gasteiger partial charge on any atom is -0.481 e. The summed E-state index contributed by atoms with van der Waals surface area (Å²) in [5.41, 5.74) is 1.00. The number of sulfonamides is 1. The normalized spacial score (nSPS) is 19.5. The minimum atomic E-state index is -3.63. The Morgan fingerprint density at radius 1 is 1.11 bits per heavy atom. The third-order valence-electron chi connectivity index (χ3n) is 6.60. The van der Waals surface area contributed by atoms with Gasteiger partial charge in [0.15, 0.2) is 0 Å². The number of ether oxygens (including phenoxy) is 2. The highest BCUT2D eigenvalue weighted by molar-refractivity contribution is 7.89. The van der Waals surface area contributed by atoms with Crippen LogP contribution in [0.5, 0.6) is 5.88 Å². The van der Waals surface area contributed by atoms with Gasteiger partial charge >= 0.3 is 0 Å². The van der Waals surface area contributed by atoms with Crippen LogP contribution in [0, 0.1) is 0 Å². The molecule has 0 amide bonds. The van der Waals surface area contributed by atoms with E-state index >= 15 is 0 Å². The zero-order chi connectivity index (χ0) is 24.7. The molecule has 2 aliphatic rings. The maximum Gasteiger partial charge on any atom is 0.243 e. The SMILES string of the molecule is COc1nc(Cl)ccc1C1CN(c2nccc3ccc(S(=O)(=O)N4CC[C@@H](OC(C)C)C4)cc23)C1. The van der Waals surface area contributed by atoms with Crippen LogP contribution in [-0.2, 0) is 14.8 Å². The summed E-state index contributed by atoms with van der Waals surface area (Å²) in [6.45, 7) is 6.22. The second-order valence-corrected chi connectivity index (χ2v) is 11.6. The second kappa shape index (κ2) is 9.54. The Morgan fingerprint density at radius 2 is 1.91 bits per heavy atom. The first-order valence-corrected chi connectivity index (χ1v) is 13.6. The number of hydrogen-bond donors (Lipinski definition) is 0. The van der Waals surface area contributed by atoms with Crippen molar-refractivity contribution in [2.75, 3.05) is 38.2 Å². The van der Waals surface area contributed by atoms with Crippen molar-refractivity contribution in [3.63, 3.8) is 0 Å². The Hall–Kier alpha value is -2.46. The fourth-order valence-electron chi connectivity index (χ4n) is 4.86. The number of rotatable bonds is 7. The Labute approximate surface area is 210 Å². The number of fused-ring (bicyclic) bond motifs is 1. The first-order valence-electron chi connectivity index (χ1n) is 11.8. The quantitative estimate of drug-likeness (QED) is 0.437. The van der Waals surface area contributed by atoms with Gasteiger partial charge in [-0.05, 0) is 49.9 Å². The number of hydrogen-bond acceptors (Lipinski definition) is 7. The lowest BCUT2D eigenvalue weighted by molar-refractivity contribution is 0.0173. The first-order chi connectivity index (χ1) is 16.8. The van der Waals surface area contributed by atoms with E-state index < -0.39 is 10.0 Å². The predicted molar refractivity (Wildman–Crippen MR) is 136 cm³/mol. The number of halogens is 1. The highest BCUT2D eigenvalue weighted by atomic mass is 35.5. The molecule has 3 aromatic rings. The highest BCUT2D eigenvalue weighted by Crippen LogP contribution is 2.38. The number of benzene rings is 1. The average molecular weight is 517 g/mol. The summed E-state index contributed by atoms with van der Waals surface area (Å²) < 4.78 is 39.6. The van der Waals surface area contributed by atoms with Gasteiger partial charge in [0.25, 0.3) is 0 Å². The highest BCUT2D eigenvalue weighted by Gasteiger charge is 2.35. The molecule has 0 spiro atoms. The van der Waals surface area contributed by atoms with Gasteiger partial charge in [-0.25, -0.2) is 18.4 Å². The van der Waals surface area contributed by atoms with E-state index in [-0.39, 0.29) is 23.0 Å². The number of anilines is 1. The van der Waals surface area contributed by atoms with Crippen LogP contribution in [0.3, 0.4) is 0 Å². The van der Waals surface area contributed by atoms with Gasteiger partial charge in [-0.1, -0.05) is 23.7 Å². The van der Waals surface area contributed by atoms with Crippen LogP contribution in [0.2, 0.25) is 5.15 Å². The summed E-state index contributed by atoms with van der Waals surface area (Å²) >= 11 is 6.01. The summed E-state index contributed by atoms with van der Waals surface area (Å²) in [6.07, 6.45) is 2.47. The van der Waals surface area contributed by atoms with E-state index in [1.54, 1.807) is 31.5 Å². The van der Waals surface area contributed by atoms with E-state index in [1.807, 2.05) is 32.0 Å². The lowest BCUT2D eigenvalue weighted by Crippen LogP contribution is -2.45. The standard InChI is InChI=1S/C25H29ClN4O4S/c1-16(2)34-19-9-11-30(15-19)35(31,32)20-5-4-17-8-10-27-24(22(17)12-20)29-13-18(14-29)21-6-7-23(26)28-25(21)33-3/h4-8,10,12,16,18-19H,9,11,13-15H2,1-3H3/t19-/m1/s1. The van der Waals surface area contributed by atoms with Gasteiger partial charge in [0.05, 0.1) is 24.2 Å². The van der Waals surface area contributed by atoms with Crippen LogP contribution in [0.4, 0.5) is 5.82 Å². The molecule has 8 nitrogen and oxygen atoms in total. The topological polar surface area (TPSA) is 84.9 Å². The molecule has 2 fully saturated rings. The zero-order valence-corrected chi connectivity index (χ0v) is 21.6. The van der Waals surface area contributed by atoms with Crippen LogP contribution >= 0.6 is 11.6 Å². The molecule has 10 heteroatoms. The molecule has 2 aliphatic heterocycles. The van der Waals surface area contributed by atoms with Crippen LogP contribution in [0.1, 0.15) is 31.7 Å². The third kappa shape index (κ3) is 4.70. The van der Waals surface area contributed by atoms with Gasteiger partial charge in [-0.15, -0.1) is 0 Å². The molecule has 0 saturated carbocycles. The molecular weight excluding hydrogens is 488 g/mol. The van der Waals surface area contributed by atoms with E-state index in [9.17, 15) is 8.42 Å². The Bertz CT molecular complexity index is 1340. The molecule has 186 valence electrons. The van der Waals surface area contributed by atoms with Crippen LogP contribution in [0.25, 0.3) is 10.8 Å². The summed E-state index contributed by atoms with van der Waals surface area (Å²) in [5, 5.41) is 2.17. The maximum absolute atomic E-state index is 13.4. The van der Waals surface area contributed by atoms with Crippen molar-refractivity contribution in [2.24, 2.45) is 0 Å². The van der Waals surface area contributed by atoms with Gasteiger partial charge in [0.2, 0.25) is 15.9 Å². The second-order valence-electron chi connectivity index (χ2n) is 9.31. The molecule has 0 unspecified atom stereocenters. The summed E-state index contributed by atoms with van der Waals surface area (Å²) in [5.74, 6) is 1.53. The number of aromatic nitrogens is 2. The summed E-state index contributed by atoms with van der Waals surface area (Å²) in [6, 6.07) is 10.9. The van der Waals surface area contributed by atoms with Crippen molar-refractivity contribution >= 4 is 38.2 Å². The van der Waals surface area contributed by atoms with Crippen molar-refractivity contribution in [1.29, 1.82) is 0 Å². The zero-order valence-electron chi connectivity index (χ0n) is 20.0. The maximum atomic E-state index is 13.4. The van der Waals surface area contributed by atoms with Crippen LogP contribution < -0.4 is 9.64 Å². The molecular formula is C25H29ClN4O4S. The van der Waals surface area contributed by atoms with E-state index in [0.717, 1.165) is 35.2 Å². The van der Waals surface area contributed by atoms with Crippen molar-refractivity contribution in [3.8, 4) is 5.88 Å². The minimum absolute atomic E-state index is 0.0696. The van der Waals surface area contributed by atoms with Crippen molar-refractivity contribution in [1.82, 2.24) is 14.3 Å². The predicted octanol–water partition coefficient (Wildman–Crippen LogP) is 4.08. The molecule has 35 heavy (non-hydrogen) atoms. The first kappa shape index (κ1) is 24.2. The average Bonchev–Trinajstić information content (AvgIpc) is 3.27. The van der Waals surface area contributed by atoms with Gasteiger partial charge in [-0.2, -0.15) is 4.31 Å². The van der Waals surface area contributed by atoms with E-state index in [4.69, 9.17) is 21.1 Å². The van der Waals surface area contributed by atoms with E-state index in [0.29, 0.717) is 30.5 Å². The van der Waals surface area contributed by atoms with Crippen LogP contribution in [0.15, 0.2) is 47.5 Å². The summed E-state index contributed by atoms with van der Waals surface area (Å²) in [7, 11) is -2.04. The molecule has 2 aromatic heterocycles. The monoisotopic (exact) mass is 516 g/mol. The molecule has 1 atom stereocenters. The van der Waals surface area contributed by atoms with Gasteiger partial charge in [-0.3, -0.25) is 0 Å². The lowest BCUT2D eigenvalue weighted by Gasteiger charge is -2.41. The van der Waals surface area contributed by atoms with Crippen molar-refractivity contribution in [2.45, 2.75) is 43.3 Å². The molecule has 4 heterocycles. The van der Waals surface area contributed by atoms with Gasteiger partial charge in [0.1, 0.15) is 11.0 Å². The number of pyridine rings is 2. The van der Waals surface area contributed by atoms with Gasteiger partial charge < -0.3 is 14.4 Å². The Morgan fingerprint density at radius 3 is 2.66 bits per heavy atom. The third-order valence-corrected chi connectivity index (χ3v) is 8.67. The number of nitrogens with zero attached hydrogens (tertiary/aromatic N) is 4. The fourth-order valence-corrected chi connectivity index (χ4v) is 6.51. The Balaban J connectivity index is 1.39. The molecule has 1 aromatic carbocycles. The van der Waals surface area contributed by atoms with Gasteiger partial charge in [0, 0.05) is 49.2 Å². The van der Waals surface area contributed by atoms with Crippen molar-refractivity contribution < 1.29 is 17.9 Å². The fraction of sp³-hybridized carbons (Fsp3) is 0.440. The number of methoxy groups -OCH3 is 1. The molecule has 0 N–H and O–H groups in total. The molecule has 0 bridgehead atoms.